The number of nitrogens with zero attached hydrogens (tertiary/aromatic N) is 2. The van der Waals surface area contributed by atoms with E-state index in [1.807, 2.05) is 18.7 Å². The highest BCUT2D eigenvalue weighted by Gasteiger charge is 2.28. The van der Waals surface area contributed by atoms with Gasteiger partial charge in [0.25, 0.3) is 0 Å². The molecule has 0 spiro atoms. The first-order valence-electron chi connectivity index (χ1n) is 5.17. The van der Waals surface area contributed by atoms with Gasteiger partial charge in [0, 0.05) is 6.42 Å². The minimum atomic E-state index is -0.956. The Morgan fingerprint density at radius 3 is 1.93 bits per heavy atom. The van der Waals surface area contributed by atoms with Crippen LogP contribution >= 0.6 is 0 Å². The van der Waals surface area contributed by atoms with Crippen LogP contribution in [-0.4, -0.2) is 59.2 Å². The summed E-state index contributed by atoms with van der Waals surface area (Å²) in [5, 5.41) is 19.8. The van der Waals surface area contributed by atoms with Gasteiger partial charge >= 0.3 is 0 Å². The molecular formula is C10H24N2O2. The summed E-state index contributed by atoms with van der Waals surface area (Å²) < 4.78 is 0. The highest BCUT2D eigenvalue weighted by molar-refractivity contribution is 4.73. The van der Waals surface area contributed by atoms with Gasteiger partial charge in [-0.3, -0.25) is 9.80 Å². The molecule has 0 saturated heterocycles. The number of rotatable bonds is 6. The van der Waals surface area contributed by atoms with Crippen molar-refractivity contribution in [1.29, 1.82) is 0 Å². The Balaban J connectivity index is 4.22. The van der Waals surface area contributed by atoms with Crippen LogP contribution in [0.1, 0.15) is 27.2 Å². The first-order valence-corrected chi connectivity index (χ1v) is 5.17. The summed E-state index contributed by atoms with van der Waals surface area (Å²) in [6.45, 7) is 7.29. The van der Waals surface area contributed by atoms with Crippen LogP contribution in [0.15, 0.2) is 0 Å². The smallest absolute Gasteiger partial charge is 0.118 e. The molecule has 14 heavy (non-hydrogen) atoms. The minimum absolute atomic E-state index is 0.335. The fourth-order valence-electron chi connectivity index (χ4n) is 1.30. The Morgan fingerprint density at radius 1 is 1.21 bits per heavy atom. The zero-order valence-corrected chi connectivity index (χ0v) is 9.99. The maximum atomic E-state index is 9.94. The van der Waals surface area contributed by atoms with Crippen LogP contribution in [0.4, 0.5) is 0 Å². The molecule has 0 aliphatic rings. The van der Waals surface area contributed by atoms with Crippen molar-refractivity contribution >= 4 is 0 Å². The molecule has 0 saturated carbocycles. The van der Waals surface area contributed by atoms with Crippen LogP contribution in [0, 0.1) is 0 Å². The van der Waals surface area contributed by atoms with Crippen LogP contribution in [0.2, 0.25) is 0 Å². The fraction of sp³-hybridized carbons (Fsp3) is 1.00. The molecule has 0 aliphatic carbocycles. The van der Waals surface area contributed by atoms with E-state index in [0.29, 0.717) is 6.42 Å². The fourth-order valence-corrected chi connectivity index (χ4v) is 1.30. The van der Waals surface area contributed by atoms with Crippen molar-refractivity contribution in [2.24, 2.45) is 0 Å². The van der Waals surface area contributed by atoms with Crippen LogP contribution in [0.25, 0.3) is 0 Å². The van der Waals surface area contributed by atoms with Crippen LogP contribution in [0.5, 0.6) is 0 Å². The number of hydrogen-bond acceptors (Lipinski definition) is 4. The molecule has 2 atom stereocenters. The molecule has 0 aromatic rings. The number of hydrogen-bond donors (Lipinski definition) is 2. The van der Waals surface area contributed by atoms with E-state index >= 15 is 0 Å². The van der Waals surface area contributed by atoms with E-state index in [4.69, 9.17) is 0 Å². The quantitative estimate of drug-likeness (QED) is 0.611. The molecule has 2 unspecified atom stereocenters. The van der Waals surface area contributed by atoms with Gasteiger partial charge in [-0.2, -0.15) is 0 Å². The summed E-state index contributed by atoms with van der Waals surface area (Å²) in [5.41, 5.74) is -0.956. The topological polar surface area (TPSA) is 46.9 Å². The van der Waals surface area contributed by atoms with Crippen LogP contribution < -0.4 is 0 Å². The second kappa shape index (κ2) is 5.66. The van der Waals surface area contributed by atoms with Crippen LogP contribution in [0.3, 0.4) is 0 Å². The van der Waals surface area contributed by atoms with Crippen molar-refractivity contribution in [2.45, 2.75) is 39.1 Å². The minimum Gasteiger partial charge on any atom is -0.378 e. The lowest BCUT2D eigenvalue weighted by molar-refractivity contribution is -0.124. The zero-order chi connectivity index (χ0) is 11.4. The van der Waals surface area contributed by atoms with Gasteiger partial charge in [-0.15, -0.1) is 0 Å². The Labute approximate surface area is 87.1 Å². The van der Waals surface area contributed by atoms with Crippen molar-refractivity contribution in [3.8, 4) is 0 Å². The van der Waals surface area contributed by atoms with E-state index in [-0.39, 0.29) is 0 Å². The van der Waals surface area contributed by atoms with Gasteiger partial charge in [-0.25, -0.2) is 0 Å². The first kappa shape index (κ1) is 13.8. The highest BCUT2D eigenvalue weighted by Crippen LogP contribution is 2.16. The SMILES string of the molecule is CCN(CC)C(O)CC(C)(O)N(C)C. The number of aliphatic hydroxyl groups excluding tert-OH is 1. The number of aliphatic hydroxyl groups is 2. The van der Waals surface area contributed by atoms with Crippen molar-refractivity contribution in [3.63, 3.8) is 0 Å². The molecule has 0 amide bonds. The molecule has 4 nitrogen and oxygen atoms in total. The summed E-state index contributed by atoms with van der Waals surface area (Å²) >= 11 is 0. The van der Waals surface area contributed by atoms with Gasteiger partial charge in [-0.1, -0.05) is 13.8 Å². The third-order valence-corrected chi connectivity index (χ3v) is 2.77. The summed E-state index contributed by atoms with van der Waals surface area (Å²) in [5.74, 6) is 0. The normalized spacial score (nSPS) is 18.6. The molecule has 0 bridgehead atoms. The van der Waals surface area contributed by atoms with Crippen molar-refractivity contribution in [1.82, 2.24) is 9.80 Å². The van der Waals surface area contributed by atoms with E-state index in [1.54, 1.807) is 25.9 Å². The summed E-state index contributed by atoms with van der Waals surface area (Å²) in [6.07, 6.45) is -0.246. The van der Waals surface area contributed by atoms with Gasteiger partial charge in [-0.05, 0) is 34.1 Å². The Hall–Kier alpha value is -0.160. The van der Waals surface area contributed by atoms with E-state index in [0.717, 1.165) is 13.1 Å². The molecule has 2 N–H and O–H groups in total. The lowest BCUT2D eigenvalue weighted by Gasteiger charge is -2.36. The lowest BCUT2D eigenvalue weighted by Crippen LogP contribution is -2.48. The Bertz CT molecular complexity index is 156. The molecule has 0 rings (SSSR count). The van der Waals surface area contributed by atoms with Gasteiger partial charge in [0.1, 0.15) is 12.0 Å². The zero-order valence-electron chi connectivity index (χ0n) is 9.99. The van der Waals surface area contributed by atoms with E-state index < -0.39 is 12.0 Å². The van der Waals surface area contributed by atoms with E-state index in [1.165, 1.54) is 0 Å². The third-order valence-electron chi connectivity index (χ3n) is 2.77. The average Bonchev–Trinajstić information content (AvgIpc) is 2.05. The molecule has 0 fully saturated rings. The molecule has 0 aliphatic heterocycles. The largest absolute Gasteiger partial charge is 0.378 e. The maximum Gasteiger partial charge on any atom is 0.118 e. The molecule has 0 aromatic heterocycles. The molecule has 0 aromatic carbocycles. The molecular weight excluding hydrogens is 180 g/mol. The lowest BCUT2D eigenvalue weighted by atomic mass is 10.1. The molecule has 0 heterocycles. The van der Waals surface area contributed by atoms with Gasteiger partial charge in [0.2, 0.25) is 0 Å². The third kappa shape index (κ3) is 3.92. The second-order valence-corrected chi connectivity index (χ2v) is 4.02. The standard InChI is InChI=1S/C10H24N2O2/c1-6-12(7-2)9(13)8-10(3,14)11(4)5/h9,13-14H,6-8H2,1-5H3. The van der Waals surface area contributed by atoms with E-state index in [2.05, 4.69) is 0 Å². The summed E-state index contributed by atoms with van der Waals surface area (Å²) in [7, 11) is 3.60. The van der Waals surface area contributed by atoms with Crippen molar-refractivity contribution in [2.75, 3.05) is 27.2 Å². The predicted molar refractivity (Wildman–Crippen MR) is 57.9 cm³/mol. The maximum absolute atomic E-state index is 9.94. The molecule has 0 radical (unpaired) electrons. The Kier molecular flexibility index (Phi) is 5.59. The van der Waals surface area contributed by atoms with Gasteiger partial charge < -0.3 is 10.2 Å². The highest BCUT2D eigenvalue weighted by atomic mass is 16.3. The predicted octanol–water partition coefficient (Wildman–Crippen LogP) is 0.307. The summed E-state index contributed by atoms with van der Waals surface area (Å²) in [6, 6.07) is 0. The van der Waals surface area contributed by atoms with Crippen molar-refractivity contribution in [3.05, 3.63) is 0 Å². The van der Waals surface area contributed by atoms with Crippen LogP contribution in [-0.2, 0) is 0 Å². The first-order chi connectivity index (χ1) is 6.35. The second-order valence-electron chi connectivity index (χ2n) is 4.02. The average molecular weight is 204 g/mol. The van der Waals surface area contributed by atoms with Gasteiger partial charge in [0.05, 0.1) is 0 Å². The van der Waals surface area contributed by atoms with Gasteiger partial charge in [0.15, 0.2) is 0 Å². The molecule has 86 valence electrons. The Morgan fingerprint density at radius 2 is 1.64 bits per heavy atom. The van der Waals surface area contributed by atoms with Crippen molar-refractivity contribution < 1.29 is 10.2 Å². The monoisotopic (exact) mass is 204 g/mol. The van der Waals surface area contributed by atoms with E-state index in [9.17, 15) is 10.2 Å². The summed E-state index contributed by atoms with van der Waals surface area (Å²) in [4.78, 5) is 3.62. The molecule has 4 heteroatoms.